The van der Waals surface area contributed by atoms with Gasteiger partial charge in [-0.1, -0.05) is 6.92 Å². The predicted molar refractivity (Wildman–Crippen MR) is 53.6 cm³/mol. The topological polar surface area (TPSA) is 12.5 Å². The van der Waals surface area contributed by atoms with E-state index in [0.29, 0.717) is 0 Å². The maximum atomic E-state index is 5.49. The van der Waals surface area contributed by atoms with Crippen LogP contribution in [0.1, 0.15) is 39.0 Å². The van der Waals surface area contributed by atoms with E-state index < -0.39 is 0 Å². The molecule has 2 nitrogen and oxygen atoms in total. The molecular weight excluding hydrogens is 162 g/mol. The Labute approximate surface area is 81.3 Å². The van der Waals surface area contributed by atoms with E-state index in [2.05, 4.69) is 11.8 Å². The molecule has 13 heavy (non-hydrogen) atoms. The summed E-state index contributed by atoms with van der Waals surface area (Å²) in [5.41, 5.74) is 0. The Morgan fingerprint density at radius 3 is 2.54 bits per heavy atom. The van der Waals surface area contributed by atoms with E-state index in [0.717, 1.165) is 25.3 Å². The smallest absolute Gasteiger partial charge is 0.0992 e. The zero-order valence-corrected chi connectivity index (χ0v) is 8.67. The minimum Gasteiger partial charge on any atom is -0.366 e. The van der Waals surface area contributed by atoms with Gasteiger partial charge in [0.2, 0.25) is 0 Å². The number of nitrogens with zero attached hydrogens (tertiary/aromatic N) is 1. The fourth-order valence-electron chi connectivity index (χ4n) is 2.51. The Hall–Kier alpha value is -0.0800. The third-order valence-electron chi connectivity index (χ3n) is 3.49. The lowest BCUT2D eigenvalue weighted by atomic mass is 9.86. The molecule has 1 saturated carbocycles. The zero-order chi connectivity index (χ0) is 9.10. The average Bonchev–Trinajstić information content (AvgIpc) is 2.20. The molecule has 1 heterocycles. The monoisotopic (exact) mass is 183 g/mol. The van der Waals surface area contributed by atoms with Crippen LogP contribution >= 0.6 is 0 Å². The third kappa shape index (κ3) is 2.44. The number of hydrogen-bond donors (Lipinski definition) is 0. The Kier molecular flexibility index (Phi) is 3.23. The highest BCUT2D eigenvalue weighted by molar-refractivity contribution is 4.78. The molecule has 0 aromatic carbocycles. The summed E-state index contributed by atoms with van der Waals surface area (Å²) in [7, 11) is 0. The van der Waals surface area contributed by atoms with Crippen LogP contribution in [-0.2, 0) is 4.74 Å². The molecular formula is C11H21NO. The number of ether oxygens (including phenoxy) is 1. The molecule has 0 spiro atoms. The molecule has 0 amide bonds. The van der Waals surface area contributed by atoms with Crippen molar-refractivity contribution in [3.63, 3.8) is 0 Å². The lowest BCUT2D eigenvalue weighted by molar-refractivity contribution is -0.0451. The van der Waals surface area contributed by atoms with Gasteiger partial charge in [-0.05, 0) is 38.0 Å². The minimum atomic E-state index is 0.830. The summed E-state index contributed by atoms with van der Waals surface area (Å²) in [6.45, 7) is 5.50. The van der Waals surface area contributed by atoms with Crippen LogP contribution in [-0.4, -0.2) is 30.8 Å². The second kappa shape index (κ2) is 4.43. The largest absolute Gasteiger partial charge is 0.366 e. The molecule has 1 aliphatic carbocycles. The lowest BCUT2D eigenvalue weighted by Crippen LogP contribution is -2.42. The van der Waals surface area contributed by atoms with Crippen LogP contribution in [0.5, 0.6) is 0 Å². The maximum Gasteiger partial charge on any atom is 0.0992 e. The number of hydrogen-bond acceptors (Lipinski definition) is 2. The first-order chi connectivity index (χ1) is 6.36. The van der Waals surface area contributed by atoms with Crippen molar-refractivity contribution >= 4 is 0 Å². The molecule has 2 fully saturated rings. The molecule has 76 valence electrons. The second-order valence-electron chi connectivity index (χ2n) is 4.62. The first-order valence-corrected chi connectivity index (χ1v) is 5.68. The minimum absolute atomic E-state index is 0.830. The van der Waals surface area contributed by atoms with Crippen molar-refractivity contribution in [2.75, 3.05) is 19.9 Å². The molecule has 0 aromatic heterocycles. The molecule has 1 saturated heterocycles. The van der Waals surface area contributed by atoms with Crippen LogP contribution in [0.15, 0.2) is 0 Å². The van der Waals surface area contributed by atoms with Gasteiger partial charge in [0, 0.05) is 19.2 Å². The summed E-state index contributed by atoms with van der Waals surface area (Å²) >= 11 is 0. The van der Waals surface area contributed by atoms with Crippen LogP contribution in [0.3, 0.4) is 0 Å². The molecule has 0 N–H and O–H groups in total. The van der Waals surface area contributed by atoms with Crippen LogP contribution in [0.25, 0.3) is 0 Å². The Balaban J connectivity index is 1.79. The molecule has 0 aromatic rings. The Morgan fingerprint density at radius 2 is 1.92 bits per heavy atom. The SMILES string of the molecule is CC1CCC(N2CCCOC2)CC1. The molecule has 0 bridgehead atoms. The fraction of sp³-hybridized carbons (Fsp3) is 1.00. The highest BCUT2D eigenvalue weighted by atomic mass is 16.5. The molecule has 2 heteroatoms. The van der Waals surface area contributed by atoms with Crippen molar-refractivity contribution in [2.45, 2.75) is 45.1 Å². The number of rotatable bonds is 1. The van der Waals surface area contributed by atoms with Gasteiger partial charge in [-0.15, -0.1) is 0 Å². The van der Waals surface area contributed by atoms with Gasteiger partial charge in [0.25, 0.3) is 0 Å². The first-order valence-electron chi connectivity index (χ1n) is 5.68. The molecule has 2 rings (SSSR count). The van der Waals surface area contributed by atoms with Crippen molar-refractivity contribution in [2.24, 2.45) is 5.92 Å². The van der Waals surface area contributed by atoms with Gasteiger partial charge in [-0.25, -0.2) is 0 Å². The predicted octanol–water partition coefficient (Wildman–Crippen LogP) is 2.24. The van der Waals surface area contributed by atoms with E-state index in [9.17, 15) is 0 Å². The molecule has 2 aliphatic rings. The maximum absolute atomic E-state index is 5.49. The average molecular weight is 183 g/mol. The lowest BCUT2D eigenvalue weighted by Gasteiger charge is -2.37. The van der Waals surface area contributed by atoms with Crippen LogP contribution < -0.4 is 0 Å². The Morgan fingerprint density at radius 1 is 1.15 bits per heavy atom. The summed E-state index contributed by atoms with van der Waals surface area (Å²) in [5.74, 6) is 0.960. The Bertz CT molecular complexity index is 146. The van der Waals surface area contributed by atoms with Crippen molar-refractivity contribution in [1.29, 1.82) is 0 Å². The summed E-state index contributed by atoms with van der Waals surface area (Å²) in [6.07, 6.45) is 6.85. The first kappa shape index (κ1) is 9.47. The van der Waals surface area contributed by atoms with Gasteiger partial charge < -0.3 is 4.74 Å². The fourth-order valence-corrected chi connectivity index (χ4v) is 2.51. The van der Waals surface area contributed by atoms with E-state index in [1.54, 1.807) is 0 Å². The van der Waals surface area contributed by atoms with E-state index in [1.165, 1.54) is 38.6 Å². The van der Waals surface area contributed by atoms with Gasteiger partial charge in [-0.2, -0.15) is 0 Å². The van der Waals surface area contributed by atoms with E-state index >= 15 is 0 Å². The van der Waals surface area contributed by atoms with Crippen molar-refractivity contribution in [1.82, 2.24) is 4.90 Å². The van der Waals surface area contributed by atoms with Gasteiger partial charge in [0.05, 0.1) is 6.73 Å². The summed E-state index contributed by atoms with van der Waals surface area (Å²) in [6, 6.07) is 0.830. The highest BCUT2D eigenvalue weighted by Gasteiger charge is 2.24. The summed E-state index contributed by atoms with van der Waals surface area (Å²) < 4.78 is 5.49. The van der Waals surface area contributed by atoms with Gasteiger partial charge in [0.15, 0.2) is 0 Å². The van der Waals surface area contributed by atoms with E-state index in [-0.39, 0.29) is 0 Å². The van der Waals surface area contributed by atoms with Gasteiger partial charge in [-0.3, -0.25) is 4.90 Å². The quantitative estimate of drug-likeness (QED) is 0.618. The molecule has 0 unspecified atom stereocenters. The summed E-state index contributed by atoms with van der Waals surface area (Å²) in [4.78, 5) is 2.54. The highest BCUT2D eigenvalue weighted by Crippen LogP contribution is 2.27. The van der Waals surface area contributed by atoms with Crippen molar-refractivity contribution in [3.05, 3.63) is 0 Å². The summed E-state index contributed by atoms with van der Waals surface area (Å²) in [5, 5.41) is 0. The van der Waals surface area contributed by atoms with Gasteiger partial charge >= 0.3 is 0 Å². The van der Waals surface area contributed by atoms with E-state index in [4.69, 9.17) is 4.74 Å². The van der Waals surface area contributed by atoms with Crippen LogP contribution in [0.2, 0.25) is 0 Å². The molecule has 0 atom stereocenters. The van der Waals surface area contributed by atoms with Crippen LogP contribution in [0, 0.1) is 5.92 Å². The van der Waals surface area contributed by atoms with E-state index in [1.807, 2.05) is 0 Å². The standard InChI is InChI=1S/C11H21NO/c1-10-3-5-11(6-4-10)12-7-2-8-13-9-12/h10-11H,2-9H2,1H3. The van der Waals surface area contributed by atoms with Crippen molar-refractivity contribution < 1.29 is 4.74 Å². The zero-order valence-electron chi connectivity index (χ0n) is 8.67. The van der Waals surface area contributed by atoms with Crippen molar-refractivity contribution in [3.8, 4) is 0 Å². The van der Waals surface area contributed by atoms with Gasteiger partial charge in [0.1, 0.15) is 0 Å². The normalized spacial score (nSPS) is 37.6. The molecule has 0 radical (unpaired) electrons. The third-order valence-corrected chi connectivity index (χ3v) is 3.49. The molecule has 1 aliphatic heterocycles. The second-order valence-corrected chi connectivity index (χ2v) is 4.62. The van der Waals surface area contributed by atoms with Crippen LogP contribution in [0.4, 0.5) is 0 Å².